The third kappa shape index (κ3) is 3.55. The number of hydrogen-bond donors (Lipinski definition) is 0. The maximum Gasteiger partial charge on any atom is 0.162 e. The molecule has 4 heteroatoms. The van der Waals surface area contributed by atoms with Crippen molar-refractivity contribution in [2.24, 2.45) is 46.3 Å². The normalized spacial score (nSPS) is 40.3. The molecule has 7 unspecified atom stereocenters. The van der Waals surface area contributed by atoms with Crippen LogP contribution in [0.2, 0.25) is 0 Å². The van der Waals surface area contributed by atoms with E-state index < -0.39 is 5.41 Å². The van der Waals surface area contributed by atoms with Crippen LogP contribution in [-0.4, -0.2) is 23.1 Å². The summed E-state index contributed by atoms with van der Waals surface area (Å²) in [6.07, 6.45) is 6.08. The van der Waals surface area contributed by atoms with Crippen LogP contribution in [0, 0.1) is 46.3 Å². The van der Waals surface area contributed by atoms with Crippen LogP contribution in [0.25, 0.3) is 0 Å². The van der Waals surface area contributed by atoms with Gasteiger partial charge in [-0.25, -0.2) is 0 Å². The highest BCUT2D eigenvalue weighted by Gasteiger charge is 2.66. The van der Waals surface area contributed by atoms with Crippen LogP contribution in [0.3, 0.4) is 0 Å². The molecule has 1 aromatic carbocycles. The number of benzene rings is 1. The Kier molecular flexibility index (Phi) is 5.93. The van der Waals surface area contributed by atoms with E-state index in [4.69, 9.17) is 0 Å². The average molecular weight is 463 g/mol. The molecule has 0 amide bonds. The van der Waals surface area contributed by atoms with Crippen molar-refractivity contribution in [1.82, 2.24) is 0 Å². The molecule has 0 aliphatic heterocycles. The number of carbonyl (C=O) groups excluding carboxylic acids is 4. The SMILES string of the molecule is CC(CCC(=O)c1ccccc1)C1CCC2C3C(=O)CC4CC(=O)CCC4(C)C3CC(=O)[C@]12C. The quantitative estimate of drug-likeness (QED) is 0.513. The second-order valence-electron chi connectivity index (χ2n) is 12.3. The standard InChI is InChI=1S/C30H38O4/c1-18(9-12-25(32)19-7-5-4-6-8-19)22-10-11-23-28-24(17-27(34)30(22,23)3)29(2)14-13-21(31)15-20(29)16-26(28)33/h4-8,18,20,22-24,28H,9-17H2,1-3H3/t18?,20?,22?,23?,24?,28?,29?,30-/m1/s1. The second kappa shape index (κ2) is 8.53. The van der Waals surface area contributed by atoms with Gasteiger partial charge in [0, 0.05) is 49.0 Å². The van der Waals surface area contributed by atoms with Crippen molar-refractivity contribution in [2.75, 3.05) is 0 Å². The first kappa shape index (κ1) is 23.6. The first-order valence-corrected chi connectivity index (χ1v) is 13.3. The first-order chi connectivity index (χ1) is 16.2. The molecule has 0 N–H and O–H groups in total. The summed E-state index contributed by atoms with van der Waals surface area (Å²) in [6.45, 7) is 6.59. The van der Waals surface area contributed by atoms with E-state index in [-0.39, 0.29) is 52.5 Å². The van der Waals surface area contributed by atoms with Gasteiger partial charge in [0.05, 0.1) is 0 Å². The Morgan fingerprint density at radius 2 is 1.74 bits per heavy atom. The Labute approximate surface area is 203 Å². The van der Waals surface area contributed by atoms with Gasteiger partial charge in [0.1, 0.15) is 17.3 Å². The monoisotopic (exact) mass is 462 g/mol. The molecule has 0 saturated heterocycles. The smallest absolute Gasteiger partial charge is 0.162 e. The Balaban J connectivity index is 1.35. The van der Waals surface area contributed by atoms with Crippen LogP contribution < -0.4 is 0 Å². The molecule has 0 aromatic heterocycles. The molecular weight excluding hydrogens is 424 g/mol. The molecule has 4 aliphatic rings. The Morgan fingerprint density at radius 3 is 2.47 bits per heavy atom. The maximum atomic E-state index is 13.9. The highest BCUT2D eigenvalue weighted by Crippen LogP contribution is 2.66. The van der Waals surface area contributed by atoms with E-state index >= 15 is 0 Å². The van der Waals surface area contributed by atoms with Gasteiger partial charge in [-0.3, -0.25) is 19.2 Å². The zero-order chi connectivity index (χ0) is 24.3. The van der Waals surface area contributed by atoms with Gasteiger partial charge < -0.3 is 0 Å². The molecule has 4 saturated carbocycles. The fourth-order valence-corrected chi connectivity index (χ4v) is 8.72. The molecular formula is C30H38O4. The summed E-state index contributed by atoms with van der Waals surface area (Å²) < 4.78 is 0. The third-order valence-corrected chi connectivity index (χ3v) is 10.8. The molecule has 182 valence electrons. The van der Waals surface area contributed by atoms with Gasteiger partial charge in [0.15, 0.2) is 5.78 Å². The number of ketones is 4. The van der Waals surface area contributed by atoms with Crippen molar-refractivity contribution < 1.29 is 19.2 Å². The van der Waals surface area contributed by atoms with E-state index in [1.807, 2.05) is 30.3 Å². The summed E-state index contributed by atoms with van der Waals surface area (Å²) in [6, 6.07) is 9.44. The minimum atomic E-state index is -0.472. The number of rotatable bonds is 5. The lowest BCUT2D eigenvalue weighted by molar-refractivity contribution is -0.166. The van der Waals surface area contributed by atoms with Crippen LogP contribution in [0.15, 0.2) is 30.3 Å². The van der Waals surface area contributed by atoms with Crippen LogP contribution in [0.4, 0.5) is 0 Å². The van der Waals surface area contributed by atoms with E-state index in [1.54, 1.807) is 0 Å². The molecule has 34 heavy (non-hydrogen) atoms. The zero-order valence-corrected chi connectivity index (χ0v) is 20.8. The molecule has 0 bridgehead atoms. The van der Waals surface area contributed by atoms with Gasteiger partial charge in [0.25, 0.3) is 0 Å². The van der Waals surface area contributed by atoms with Crippen molar-refractivity contribution in [3.63, 3.8) is 0 Å². The molecule has 0 heterocycles. The van der Waals surface area contributed by atoms with Crippen molar-refractivity contribution in [3.05, 3.63) is 35.9 Å². The Hall–Kier alpha value is -2.10. The minimum Gasteiger partial charge on any atom is -0.300 e. The molecule has 1 aromatic rings. The van der Waals surface area contributed by atoms with E-state index in [0.717, 1.165) is 31.2 Å². The molecule has 4 aliphatic carbocycles. The predicted molar refractivity (Wildman–Crippen MR) is 130 cm³/mol. The number of carbonyl (C=O) groups is 4. The van der Waals surface area contributed by atoms with Gasteiger partial charge in [0.2, 0.25) is 0 Å². The summed E-state index contributed by atoms with van der Waals surface area (Å²) in [5, 5.41) is 0. The van der Waals surface area contributed by atoms with E-state index in [1.165, 1.54) is 0 Å². The lowest BCUT2D eigenvalue weighted by Crippen LogP contribution is -2.60. The van der Waals surface area contributed by atoms with Crippen LogP contribution >= 0.6 is 0 Å². The summed E-state index contributed by atoms with van der Waals surface area (Å²) in [4.78, 5) is 52.2. The van der Waals surface area contributed by atoms with Gasteiger partial charge >= 0.3 is 0 Å². The Morgan fingerprint density at radius 1 is 1.00 bits per heavy atom. The zero-order valence-electron chi connectivity index (χ0n) is 20.8. The van der Waals surface area contributed by atoms with Gasteiger partial charge in [-0.2, -0.15) is 0 Å². The molecule has 5 rings (SSSR count). The van der Waals surface area contributed by atoms with Crippen molar-refractivity contribution in [3.8, 4) is 0 Å². The average Bonchev–Trinajstić information content (AvgIpc) is 3.18. The summed E-state index contributed by atoms with van der Waals surface area (Å²) in [7, 11) is 0. The van der Waals surface area contributed by atoms with Crippen LogP contribution in [0.1, 0.15) is 88.9 Å². The maximum absolute atomic E-state index is 13.9. The molecule has 0 radical (unpaired) electrons. The van der Waals surface area contributed by atoms with Gasteiger partial charge in [-0.05, 0) is 60.7 Å². The fourth-order valence-electron chi connectivity index (χ4n) is 8.72. The van der Waals surface area contributed by atoms with E-state index in [0.29, 0.717) is 43.7 Å². The van der Waals surface area contributed by atoms with Crippen LogP contribution in [-0.2, 0) is 14.4 Å². The largest absolute Gasteiger partial charge is 0.300 e. The number of fused-ring (bicyclic) bond motifs is 5. The number of Topliss-reactive ketones (excluding diaryl/α,β-unsaturated/α-hetero) is 4. The fraction of sp³-hybridized carbons (Fsp3) is 0.667. The van der Waals surface area contributed by atoms with E-state index in [2.05, 4.69) is 20.8 Å². The van der Waals surface area contributed by atoms with E-state index in [9.17, 15) is 19.2 Å². The molecule has 8 atom stereocenters. The predicted octanol–water partition coefficient (Wildman–Crippen LogP) is 5.87. The Bertz CT molecular complexity index is 1010. The summed E-state index contributed by atoms with van der Waals surface area (Å²) in [5.74, 6) is 1.83. The first-order valence-electron chi connectivity index (χ1n) is 13.3. The molecule has 4 fully saturated rings. The highest BCUT2D eigenvalue weighted by molar-refractivity contribution is 5.96. The highest BCUT2D eigenvalue weighted by atomic mass is 16.1. The molecule has 0 spiro atoms. The van der Waals surface area contributed by atoms with Crippen molar-refractivity contribution in [2.45, 2.75) is 78.6 Å². The lowest BCUT2D eigenvalue weighted by Gasteiger charge is -2.58. The van der Waals surface area contributed by atoms with Gasteiger partial charge in [-0.1, -0.05) is 51.1 Å². The lowest BCUT2D eigenvalue weighted by atomic mass is 9.44. The van der Waals surface area contributed by atoms with Gasteiger partial charge in [-0.15, -0.1) is 0 Å². The molecule has 4 nitrogen and oxygen atoms in total. The number of hydrogen-bond acceptors (Lipinski definition) is 4. The second-order valence-corrected chi connectivity index (χ2v) is 12.3. The van der Waals surface area contributed by atoms with Crippen LogP contribution in [0.5, 0.6) is 0 Å². The minimum absolute atomic E-state index is 0.0414. The third-order valence-electron chi connectivity index (χ3n) is 10.8. The van der Waals surface area contributed by atoms with Crippen molar-refractivity contribution in [1.29, 1.82) is 0 Å². The summed E-state index contributed by atoms with van der Waals surface area (Å²) >= 11 is 0. The summed E-state index contributed by atoms with van der Waals surface area (Å²) in [5.41, 5.74) is 0.206. The topological polar surface area (TPSA) is 68.3 Å². The van der Waals surface area contributed by atoms with Crippen molar-refractivity contribution >= 4 is 23.1 Å².